The molecule has 0 saturated carbocycles. The molecule has 0 radical (unpaired) electrons. The van der Waals surface area contributed by atoms with Gasteiger partial charge in [-0.2, -0.15) is 0 Å². The van der Waals surface area contributed by atoms with E-state index in [1.165, 1.54) is 186 Å². The molecule has 1 heterocycles. The number of amides is 1. The first-order chi connectivity index (χ1) is 35.7. The van der Waals surface area contributed by atoms with E-state index in [1.54, 1.807) is 6.08 Å². The maximum absolute atomic E-state index is 13.0. The largest absolute Gasteiger partial charge is 0.466 e. The van der Waals surface area contributed by atoms with Gasteiger partial charge < -0.3 is 45.1 Å². The number of hydrogen-bond acceptors (Lipinski definition) is 10. The number of ether oxygens (including phenoxy) is 3. The van der Waals surface area contributed by atoms with Gasteiger partial charge in [0.1, 0.15) is 24.4 Å². The number of aliphatic hydroxyl groups excluding tert-OH is 5. The van der Waals surface area contributed by atoms with E-state index in [9.17, 15) is 35.1 Å². The van der Waals surface area contributed by atoms with Crippen molar-refractivity contribution < 1.29 is 49.3 Å². The predicted molar refractivity (Wildman–Crippen MR) is 301 cm³/mol. The van der Waals surface area contributed by atoms with E-state index in [1.807, 2.05) is 6.08 Å². The van der Waals surface area contributed by atoms with Crippen LogP contribution in [0.15, 0.2) is 36.5 Å². The fraction of sp³-hybridized carbons (Fsp3) is 0.871. The molecule has 0 aromatic heterocycles. The lowest BCUT2D eigenvalue weighted by Crippen LogP contribution is -2.60. The van der Waals surface area contributed by atoms with Gasteiger partial charge in [0.25, 0.3) is 0 Å². The van der Waals surface area contributed by atoms with Crippen molar-refractivity contribution in [1.29, 1.82) is 0 Å². The summed E-state index contributed by atoms with van der Waals surface area (Å²) in [7, 11) is 0. The third kappa shape index (κ3) is 41.7. The fourth-order valence-corrected chi connectivity index (χ4v) is 9.57. The average molecular weight is 1030 g/mol. The molecule has 1 aliphatic heterocycles. The first-order valence-corrected chi connectivity index (χ1v) is 30.8. The molecule has 1 saturated heterocycles. The zero-order chi connectivity index (χ0) is 53.1. The summed E-state index contributed by atoms with van der Waals surface area (Å²) in [6.45, 7) is 4.28. The molecule has 1 aliphatic rings. The Bertz CT molecular complexity index is 1310. The number of hydrogen-bond donors (Lipinski definition) is 6. The molecule has 0 aliphatic carbocycles. The highest BCUT2D eigenvalue weighted by Crippen LogP contribution is 2.23. The van der Waals surface area contributed by atoms with Crippen molar-refractivity contribution in [2.75, 3.05) is 19.8 Å². The SMILES string of the molecule is CCCC/C=C/CC/C=C/CC/C=C/C(O)C(COC1OC(CO)C(O)C(O)C1O)NC(=O)CCCCCCCCCCCCCCCCCCCCCCCCOC(=O)CCCCCCCCCCCCC. The van der Waals surface area contributed by atoms with Crippen molar-refractivity contribution in [1.82, 2.24) is 5.32 Å². The number of carbonyl (C=O) groups is 2. The highest BCUT2D eigenvalue weighted by atomic mass is 16.7. The number of carbonyl (C=O) groups excluding carboxylic acids is 2. The molecule has 0 spiro atoms. The van der Waals surface area contributed by atoms with Gasteiger partial charge in [-0.3, -0.25) is 9.59 Å². The number of aliphatic hydroxyl groups is 5. The molecule has 1 fully saturated rings. The van der Waals surface area contributed by atoms with Crippen molar-refractivity contribution in [2.45, 2.75) is 326 Å². The summed E-state index contributed by atoms with van der Waals surface area (Å²) in [5.41, 5.74) is 0. The predicted octanol–water partition coefficient (Wildman–Crippen LogP) is 14.3. The molecule has 73 heavy (non-hydrogen) atoms. The van der Waals surface area contributed by atoms with Crippen LogP contribution in [0.4, 0.5) is 0 Å². The second-order valence-corrected chi connectivity index (χ2v) is 21.4. The topological polar surface area (TPSA) is 175 Å². The van der Waals surface area contributed by atoms with Gasteiger partial charge in [0.05, 0.1) is 32.0 Å². The molecular weight excluding hydrogens is 919 g/mol. The van der Waals surface area contributed by atoms with Crippen molar-refractivity contribution in [2.24, 2.45) is 0 Å². The molecule has 428 valence electrons. The Hall–Kier alpha value is -2.12. The van der Waals surface area contributed by atoms with Gasteiger partial charge >= 0.3 is 5.97 Å². The molecule has 7 unspecified atom stereocenters. The van der Waals surface area contributed by atoms with Crippen LogP contribution in [0.2, 0.25) is 0 Å². The number of unbranched alkanes of at least 4 members (excludes halogenated alkanes) is 35. The quantitative estimate of drug-likeness (QED) is 0.0195. The maximum Gasteiger partial charge on any atom is 0.305 e. The standard InChI is InChI=1S/C62H115NO10/c1-3-5-7-9-11-13-15-29-32-36-40-44-48-55(65)54(53-72-62-61(70)60(69)59(68)56(52-64)73-62)63-57(66)49-45-41-37-33-30-26-24-22-20-18-16-17-19-21-23-25-27-31-35-39-43-47-51-71-58(67)50-46-42-38-34-28-14-12-10-8-6-4-2/h9,11,29,32,44,48,54-56,59-62,64-65,68-70H,3-8,10,12-28,30-31,33-43,45-47,49-53H2,1-2H3,(H,63,66)/b11-9+,32-29+,48-44+. The van der Waals surface area contributed by atoms with Crippen molar-refractivity contribution in [3.8, 4) is 0 Å². The van der Waals surface area contributed by atoms with E-state index in [4.69, 9.17) is 14.2 Å². The van der Waals surface area contributed by atoms with Gasteiger partial charge in [0, 0.05) is 12.8 Å². The Balaban J connectivity index is 2.05. The lowest BCUT2D eigenvalue weighted by atomic mass is 9.99. The van der Waals surface area contributed by atoms with E-state index in [-0.39, 0.29) is 18.5 Å². The van der Waals surface area contributed by atoms with Crippen LogP contribution in [0.1, 0.15) is 284 Å². The molecule has 0 aromatic carbocycles. The molecule has 6 N–H and O–H groups in total. The second kappa shape index (κ2) is 52.0. The third-order valence-corrected chi connectivity index (χ3v) is 14.5. The van der Waals surface area contributed by atoms with Crippen LogP contribution in [0.5, 0.6) is 0 Å². The third-order valence-electron chi connectivity index (χ3n) is 14.5. The first-order valence-electron chi connectivity index (χ1n) is 30.8. The van der Waals surface area contributed by atoms with E-state index < -0.39 is 49.5 Å². The lowest BCUT2D eigenvalue weighted by Gasteiger charge is -2.40. The second-order valence-electron chi connectivity index (χ2n) is 21.4. The minimum Gasteiger partial charge on any atom is -0.466 e. The Morgan fingerprint density at radius 3 is 1.34 bits per heavy atom. The first kappa shape index (κ1) is 68.9. The average Bonchev–Trinajstić information content (AvgIpc) is 3.39. The maximum atomic E-state index is 13.0. The minimum absolute atomic E-state index is 0.000372. The van der Waals surface area contributed by atoms with Crippen LogP contribution >= 0.6 is 0 Å². The molecule has 0 bridgehead atoms. The van der Waals surface area contributed by atoms with Gasteiger partial charge in [-0.1, -0.05) is 256 Å². The molecule has 7 atom stereocenters. The summed E-state index contributed by atoms with van der Waals surface area (Å²) in [5.74, 6) is -0.198. The zero-order valence-electron chi connectivity index (χ0n) is 47.1. The molecule has 11 heteroatoms. The number of rotatable bonds is 53. The number of allylic oxidation sites excluding steroid dienone is 5. The molecule has 0 aromatic rings. The van der Waals surface area contributed by atoms with Crippen LogP contribution in [0.3, 0.4) is 0 Å². The Morgan fingerprint density at radius 1 is 0.493 bits per heavy atom. The summed E-state index contributed by atoms with van der Waals surface area (Å²) < 4.78 is 16.7. The molecule has 1 amide bonds. The van der Waals surface area contributed by atoms with Crippen molar-refractivity contribution >= 4 is 11.9 Å². The van der Waals surface area contributed by atoms with Crippen molar-refractivity contribution in [3.05, 3.63) is 36.5 Å². The van der Waals surface area contributed by atoms with Crippen LogP contribution < -0.4 is 5.32 Å². The van der Waals surface area contributed by atoms with Crippen molar-refractivity contribution in [3.63, 3.8) is 0 Å². The smallest absolute Gasteiger partial charge is 0.305 e. The van der Waals surface area contributed by atoms with Crippen LogP contribution in [-0.4, -0.2) is 100 Å². The minimum atomic E-state index is -1.58. The van der Waals surface area contributed by atoms with Crippen LogP contribution in [0.25, 0.3) is 0 Å². The van der Waals surface area contributed by atoms with E-state index in [0.717, 1.165) is 70.6 Å². The Labute approximate surface area is 447 Å². The molecular formula is C62H115NO10. The molecule has 1 rings (SSSR count). The lowest BCUT2D eigenvalue weighted by molar-refractivity contribution is -0.302. The molecule has 11 nitrogen and oxygen atoms in total. The summed E-state index contributed by atoms with van der Waals surface area (Å²) >= 11 is 0. The Kier molecular flexibility index (Phi) is 49.0. The van der Waals surface area contributed by atoms with Gasteiger partial charge in [-0.05, 0) is 51.4 Å². The van der Waals surface area contributed by atoms with Gasteiger partial charge in [0.15, 0.2) is 6.29 Å². The van der Waals surface area contributed by atoms with E-state index >= 15 is 0 Å². The monoisotopic (exact) mass is 1030 g/mol. The number of nitrogens with one attached hydrogen (secondary N) is 1. The highest BCUT2D eigenvalue weighted by molar-refractivity contribution is 5.76. The summed E-state index contributed by atoms with van der Waals surface area (Å²) in [6, 6.07) is -0.834. The van der Waals surface area contributed by atoms with Gasteiger partial charge in [0.2, 0.25) is 5.91 Å². The van der Waals surface area contributed by atoms with E-state index in [2.05, 4.69) is 43.5 Å². The summed E-state index contributed by atoms with van der Waals surface area (Å²) in [5, 5.41) is 54.3. The van der Waals surface area contributed by atoms with E-state index in [0.29, 0.717) is 19.4 Å². The van der Waals surface area contributed by atoms with Crippen LogP contribution in [0, 0.1) is 0 Å². The number of esters is 1. The van der Waals surface area contributed by atoms with Gasteiger partial charge in [-0.25, -0.2) is 0 Å². The van der Waals surface area contributed by atoms with Crippen LogP contribution in [-0.2, 0) is 23.8 Å². The summed E-state index contributed by atoms with van der Waals surface area (Å²) in [6.07, 6.45) is 53.9. The summed E-state index contributed by atoms with van der Waals surface area (Å²) in [4.78, 5) is 25.0. The fourth-order valence-electron chi connectivity index (χ4n) is 9.57. The Morgan fingerprint density at radius 2 is 0.890 bits per heavy atom. The normalized spacial score (nSPS) is 19.1. The highest BCUT2D eigenvalue weighted by Gasteiger charge is 2.44. The zero-order valence-corrected chi connectivity index (χ0v) is 47.1. The van der Waals surface area contributed by atoms with Gasteiger partial charge in [-0.15, -0.1) is 0 Å².